The van der Waals surface area contributed by atoms with Crippen LogP contribution in [0, 0.1) is 17.8 Å². The summed E-state index contributed by atoms with van der Waals surface area (Å²) >= 11 is 0. The van der Waals surface area contributed by atoms with Crippen LogP contribution in [0.15, 0.2) is 0 Å². The third-order valence-corrected chi connectivity index (χ3v) is 6.98. The molecule has 0 aromatic rings. The molecule has 1 fully saturated rings. The second kappa shape index (κ2) is 17.2. The smallest absolute Gasteiger partial charge is 0.306 e. The molecule has 0 N–H and O–H groups in total. The Balaban J connectivity index is 1.93. The van der Waals surface area contributed by atoms with Gasteiger partial charge >= 0.3 is 5.97 Å². The van der Waals surface area contributed by atoms with Crippen LogP contribution >= 0.6 is 0 Å². The van der Waals surface area contributed by atoms with E-state index < -0.39 is 0 Å². The lowest BCUT2D eigenvalue weighted by Gasteiger charge is -2.36. The van der Waals surface area contributed by atoms with Gasteiger partial charge in [-0.15, -0.1) is 0 Å². The maximum absolute atomic E-state index is 12.3. The number of carbonyl (C=O) groups excluding carboxylic acids is 1. The van der Waals surface area contributed by atoms with Crippen molar-refractivity contribution < 1.29 is 9.53 Å². The SMILES string of the molecule is CCCCCCCCCCCCCCCCC(=O)OC1CC(C)CCC1C(C)C. The minimum absolute atomic E-state index is 0.0497. The standard InChI is InChI=1S/C27H52O2/c1-5-6-7-8-9-10-11-12-13-14-15-16-17-18-19-27(28)29-26-22-24(4)20-21-25(26)23(2)3/h23-26H,5-22H2,1-4H3. The van der Waals surface area contributed by atoms with Gasteiger partial charge in [-0.3, -0.25) is 4.79 Å². The quantitative estimate of drug-likeness (QED) is 0.177. The molecule has 2 heteroatoms. The Hall–Kier alpha value is -0.530. The highest BCUT2D eigenvalue weighted by molar-refractivity contribution is 5.69. The van der Waals surface area contributed by atoms with Crippen molar-refractivity contribution in [1.29, 1.82) is 0 Å². The van der Waals surface area contributed by atoms with Crippen LogP contribution in [0.1, 0.15) is 143 Å². The first-order valence-electron chi connectivity index (χ1n) is 13.2. The summed E-state index contributed by atoms with van der Waals surface area (Å²) in [5.41, 5.74) is 0. The van der Waals surface area contributed by atoms with E-state index >= 15 is 0 Å². The number of hydrogen-bond acceptors (Lipinski definition) is 2. The van der Waals surface area contributed by atoms with E-state index in [0.29, 0.717) is 24.2 Å². The lowest BCUT2D eigenvalue weighted by molar-refractivity contribution is -0.156. The fourth-order valence-electron chi connectivity index (χ4n) is 4.94. The number of esters is 1. The summed E-state index contributed by atoms with van der Waals surface area (Å²) in [7, 11) is 0. The highest BCUT2D eigenvalue weighted by Crippen LogP contribution is 2.35. The minimum atomic E-state index is 0.0497. The van der Waals surface area contributed by atoms with Crippen LogP contribution < -0.4 is 0 Å². The first-order chi connectivity index (χ1) is 14.0. The maximum atomic E-state index is 12.3. The van der Waals surface area contributed by atoms with Gasteiger partial charge in [0.05, 0.1) is 0 Å². The first kappa shape index (κ1) is 26.5. The molecule has 0 radical (unpaired) electrons. The van der Waals surface area contributed by atoms with Gasteiger partial charge in [0.15, 0.2) is 0 Å². The molecule has 3 atom stereocenters. The third-order valence-electron chi connectivity index (χ3n) is 6.98. The molecule has 1 saturated carbocycles. The largest absolute Gasteiger partial charge is 0.462 e. The zero-order valence-electron chi connectivity index (χ0n) is 20.4. The number of hydrogen-bond donors (Lipinski definition) is 0. The van der Waals surface area contributed by atoms with Crippen LogP contribution in [-0.2, 0) is 9.53 Å². The summed E-state index contributed by atoms with van der Waals surface area (Å²) in [6, 6.07) is 0. The van der Waals surface area contributed by atoms with Crippen molar-refractivity contribution in [3.05, 3.63) is 0 Å². The van der Waals surface area contributed by atoms with E-state index in [9.17, 15) is 4.79 Å². The predicted octanol–water partition coefficient (Wildman–Crippen LogP) is 8.86. The van der Waals surface area contributed by atoms with Gasteiger partial charge in [-0.05, 0) is 37.0 Å². The fourth-order valence-corrected chi connectivity index (χ4v) is 4.94. The van der Waals surface area contributed by atoms with Crippen molar-refractivity contribution in [1.82, 2.24) is 0 Å². The number of unbranched alkanes of at least 4 members (excludes halogenated alkanes) is 13. The Morgan fingerprint density at radius 2 is 1.28 bits per heavy atom. The van der Waals surface area contributed by atoms with Crippen LogP contribution in [0.2, 0.25) is 0 Å². The second-order valence-corrected chi connectivity index (χ2v) is 10.2. The van der Waals surface area contributed by atoms with Gasteiger partial charge in [0.2, 0.25) is 0 Å². The fraction of sp³-hybridized carbons (Fsp3) is 0.963. The van der Waals surface area contributed by atoms with Gasteiger partial charge in [0, 0.05) is 6.42 Å². The molecular formula is C27H52O2. The van der Waals surface area contributed by atoms with Crippen LogP contribution in [0.3, 0.4) is 0 Å². The van der Waals surface area contributed by atoms with E-state index in [1.165, 1.54) is 96.3 Å². The average molecular weight is 409 g/mol. The van der Waals surface area contributed by atoms with Gasteiger partial charge in [-0.25, -0.2) is 0 Å². The molecule has 0 heterocycles. The summed E-state index contributed by atoms with van der Waals surface area (Å²) in [5, 5.41) is 0. The van der Waals surface area contributed by atoms with Crippen LogP contribution in [0.4, 0.5) is 0 Å². The molecule has 0 spiro atoms. The lowest BCUT2D eigenvalue weighted by atomic mass is 9.75. The van der Waals surface area contributed by atoms with E-state index in [2.05, 4.69) is 27.7 Å². The lowest BCUT2D eigenvalue weighted by Crippen LogP contribution is -2.35. The summed E-state index contributed by atoms with van der Waals surface area (Å²) in [6.45, 7) is 9.13. The first-order valence-corrected chi connectivity index (χ1v) is 13.2. The highest BCUT2D eigenvalue weighted by Gasteiger charge is 2.33. The Morgan fingerprint density at radius 1 is 0.793 bits per heavy atom. The molecule has 1 aliphatic carbocycles. The van der Waals surface area contributed by atoms with Crippen LogP contribution in [-0.4, -0.2) is 12.1 Å². The average Bonchev–Trinajstić information content (AvgIpc) is 2.68. The van der Waals surface area contributed by atoms with Crippen LogP contribution in [0.25, 0.3) is 0 Å². The van der Waals surface area contributed by atoms with Crippen molar-refractivity contribution in [2.75, 3.05) is 0 Å². The molecular weight excluding hydrogens is 356 g/mol. The molecule has 0 bridgehead atoms. The second-order valence-electron chi connectivity index (χ2n) is 10.2. The van der Waals surface area contributed by atoms with E-state index in [-0.39, 0.29) is 12.1 Å². The number of ether oxygens (including phenoxy) is 1. The molecule has 3 unspecified atom stereocenters. The molecule has 172 valence electrons. The van der Waals surface area contributed by atoms with Crippen molar-refractivity contribution in [2.45, 2.75) is 149 Å². The molecule has 29 heavy (non-hydrogen) atoms. The normalized spacial score (nSPS) is 22.2. The van der Waals surface area contributed by atoms with Crippen molar-refractivity contribution in [3.63, 3.8) is 0 Å². The molecule has 0 amide bonds. The summed E-state index contributed by atoms with van der Waals surface area (Å²) in [5.74, 6) is 1.92. The zero-order valence-corrected chi connectivity index (χ0v) is 20.4. The van der Waals surface area contributed by atoms with E-state index in [1.807, 2.05) is 0 Å². The molecule has 1 aliphatic rings. The summed E-state index contributed by atoms with van der Waals surface area (Å²) < 4.78 is 5.91. The number of carbonyl (C=O) groups is 1. The molecule has 2 nitrogen and oxygen atoms in total. The summed E-state index contributed by atoms with van der Waals surface area (Å²) in [6.07, 6.45) is 23.3. The van der Waals surface area contributed by atoms with Gasteiger partial charge in [-0.1, -0.05) is 118 Å². The molecule has 1 rings (SSSR count). The van der Waals surface area contributed by atoms with Crippen LogP contribution in [0.5, 0.6) is 0 Å². The van der Waals surface area contributed by atoms with Crippen molar-refractivity contribution >= 4 is 5.97 Å². The van der Waals surface area contributed by atoms with Crippen molar-refractivity contribution in [3.8, 4) is 0 Å². The Morgan fingerprint density at radius 3 is 1.76 bits per heavy atom. The topological polar surface area (TPSA) is 26.3 Å². The third kappa shape index (κ3) is 13.4. The van der Waals surface area contributed by atoms with Gasteiger partial charge in [-0.2, -0.15) is 0 Å². The van der Waals surface area contributed by atoms with E-state index in [4.69, 9.17) is 4.74 Å². The summed E-state index contributed by atoms with van der Waals surface area (Å²) in [4.78, 5) is 12.3. The molecule has 0 aliphatic heterocycles. The molecule has 0 aromatic carbocycles. The Labute approximate surface area is 182 Å². The molecule has 0 aromatic heterocycles. The minimum Gasteiger partial charge on any atom is -0.462 e. The predicted molar refractivity (Wildman–Crippen MR) is 126 cm³/mol. The maximum Gasteiger partial charge on any atom is 0.306 e. The highest BCUT2D eigenvalue weighted by atomic mass is 16.5. The van der Waals surface area contributed by atoms with Gasteiger partial charge < -0.3 is 4.74 Å². The van der Waals surface area contributed by atoms with E-state index in [0.717, 1.165) is 12.8 Å². The van der Waals surface area contributed by atoms with Crippen molar-refractivity contribution in [2.24, 2.45) is 17.8 Å². The Kier molecular flexibility index (Phi) is 15.7. The zero-order chi connectivity index (χ0) is 21.3. The van der Waals surface area contributed by atoms with E-state index in [1.54, 1.807) is 0 Å². The monoisotopic (exact) mass is 408 g/mol. The number of rotatable bonds is 17. The Bertz CT molecular complexity index is 390. The molecule has 0 saturated heterocycles. The van der Waals surface area contributed by atoms with Gasteiger partial charge in [0.1, 0.15) is 6.10 Å². The van der Waals surface area contributed by atoms with Gasteiger partial charge in [0.25, 0.3) is 0 Å².